The second-order valence-corrected chi connectivity index (χ2v) is 8.77. The molecule has 8 nitrogen and oxygen atoms in total. The number of aliphatic hydroxyl groups is 1. The van der Waals surface area contributed by atoms with Crippen molar-refractivity contribution < 1.29 is 28.7 Å². The van der Waals surface area contributed by atoms with Gasteiger partial charge in [0, 0.05) is 11.6 Å². The van der Waals surface area contributed by atoms with Crippen LogP contribution >= 0.6 is 0 Å². The monoisotopic (exact) mass is 510 g/mol. The van der Waals surface area contributed by atoms with E-state index in [1.807, 2.05) is 37.3 Å². The van der Waals surface area contributed by atoms with Gasteiger partial charge < -0.3 is 19.1 Å². The third-order valence-corrected chi connectivity index (χ3v) is 6.19. The fourth-order valence-corrected chi connectivity index (χ4v) is 4.37. The standard InChI is InChI=1S/C30H26N2O6/c1-3-36-23-15-11-22(12-16-23)28(33)26-27(32(30(35)29(26)34)25-17-19(2)38-31-25)21-9-13-24(14-10-21)37-18-20-7-5-4-6-8-20/h4-17,27,33H,3,18H2,1-2H3. The maximum atomic E-state index is 13.3. The molecule has 3 aromatic carbocycles. The summed E-state index contributed by atoms with van der Waals surface area (Å²) in [5.41, 5.74) is 1.97. The molecule has 0 radical (unpaired) electrons. The van der Waals surface area contributed by atoms with Crippen LogP contribution < -0.4 is 14.4 Å². The van der Waals surface area contributed by atoms with E-state index < -0.39 is 17.7 Å². The van der Waals surface area contributed by atoms with Crippen molar-refractivity contribution in [3.63, 3.8) is 0 Å². The number of carbonyl (C=O) groups is 2. The molecule has 0 saturated carbocycles. The van der Waals surface area contributed by atoms with E-state index >= 15 is 0 Å². The highest BCUT2D eigenvalue weighted by molar-refractivity contribution is 6.51. The lowest BCUT2D eigenvalue weighted by atomic mass is 9.95. The second-order valence-electron chi connectivity index (χ2n) is 8.77. The Bertz CT molecular complexity index is 1470. The maximum absolute atomic E-state index is 13.3. The van der Waals surface area contributed by atoms with E-state index in [0.717, 1.165) is 5.56 Å². The number of ether oxygens (including phenoxy) is 2. The zero-order valence-electron chi connectivity index (χ0n) is 21.0. The fraction of sp³-hybridized carbons (Fsp3) is 0.167. The highest BCUT2D eigenvalue weighted by Gasteiger charge is 2.48. The van der Waals surface area contributed by atoms with Gasteiger partial charge in [0.25, 0.3) is 5.78 Å². The fourth-order valence-electron chi connectivity index (χ4n) is 4.37. The van der Waals surface area contributed by atoms with Crippen LogP contribution in [0.1, 0.15) is 35.4 Å². The minimum atomic E-state index is -0.922. The number of aliphatic hydroxyl groups excluding tert-OH is 1. The molecular formula is C30H26N2O6. The van der Waals surface area contributed by atoms with Gasteiger partial charge in [-0.2, -0.15) is 0 Å². The number of nitrogens with zero attached hydrogens (tertiary/aromatic N) is 2. The van der Waals surface area contributed by atoms with Crippen molar-refractivity contribution in [1.29, 1.82) is 0 Å². The summed E-state index contributed by atoms with van der Waals surface area (Å²) < 4.78 is 16.6. The minimum absolute atomic E-state index is 0.0437. The van der Waals surface area contributed by atoms with Crippen LogP contribution in [0.2, 0.25) is 0 Å². The first-order chi connectivity index (χ1) is 18.5. The largest absolute Gasteiger partial charge is 0.507 e. The third kappa shape index (κ3) is 4.88. The molecule has 1 aliphatic heterocycles. The highest BCUT2D eigenvalue weighted by Crippen LogP contribution is 2.42. The van der Waals surface area contributed by atoms with Gasteiger partial charge in [-0.25, -0.2) is 0 Å². The summed E-state index contributed by atoms with van der Waals surface area (Å²) in [6.45, 7) is 4.47. The van der Waals surface area contributed by atoms with Gasteiger partial charge in [0.1, 0.15) is 29.6 Å². The molecule has 0 aliphatic carbocycles. The number of hydrogen-bond acceptors (Lipinski definition) is 7. The topological polar surface area (TPSA) is 102 Å². The molecule has 1 aromatic heterocycles. The van der Waals surface area contributed by atoms with Crippen molar-refractivity contribution in [2.75, 3.05) is 11.5 Å². The summed E-state index contributed by atoms with van der Waals surface area (Å²) in [6, 6.07) is 24.2. The molecule has 1 aliphatic rings. The molecule has 8 heteroatoms. The van der Waals surface area contributed by atoms with E-state index in [0.29, 0.717) is 41.6 Å². The minimum Gasteiger partial charge on any atom is -0.507 e. The van der Waals surface area contributed by atoms with Crippen LogP contribution in [0.15, 0.2) is 95.0 Å². The molecule has 0 bridgehead atoms. The van der Waals surface area contributed by atoms with Gasteiger partial charge in [0.15, 0.2) is 5.82 Å². The van der Waals surface area contributed by atoms with Crippen molar-refractivity contribution >= 4 is 23.3 Å². The Balaban J connectivity index is 1.52. The Hall–Kier alpha value is -4.85. The number of amides is 1. The van der Waals surface area contributed by atoms with Crippen molar-refractivity contribution in [3.8, 4) is 11.5 Å². The van der Waals surface area contributed by atoms with Crippen molar-refractivity contribution in [2.24, 2.45) is 0 Å². The van der Waals surface area contributed by atoms with Gasteiger partial charge in [-0.15, -0.1) is 0 Å². The van der Waals surface area contributed by atoms with E-state index in [4.69, 9.17) is 14.0 Å². The Morgan fingerprint density at radius 3 is 2.24 bits per heavy atom. The summed E-state index contributed by atoms with van der Waals surface area (Å²) in [7, 11) is 0. The molecule has 1 N–H and O–H groups in total. The van der Waals surface area contributed by atoms with Crippen molar-refractivity contribution in [3.05, 3.63) is 113 Å². The van der Waals surface area contributed by atoms with Crippen LogP contribution in [0.3, 0.4) is 0 Å². The molecule has 38 heavy (non-hydrogen) atoms. The average molecular weight is 511 g/mol. The number of aryl methyl sites for hydroxylation is 1. The first-order valence-electron chi connectivity index (χ1n) is 12.2. The lowest BCUT2D eigenvalue weighted by Crippen LogP contribution is -2.29. The molecule has 1 fully saturated rings. The Kier molecular flexibility index (Phi) is 6.95. The van der Waals surface area contributed by atoms with Crippen LogP contribution in [0.25, 0.3) is 5.76 Å². The Morgan fingerprint density at radius 1 is 0.947 bits per heavy atom. The zero-order chi connectivity index (χ0) is 26.6. The van der Waals surface area contributed by atoms with E-state index in [9.17, 15) is 14.7 Å². The third-order valence-electron chi connectivity index (χ3n) is 6.19. The summed E-state index contributed by atoms with van der Waals surface area (Å²) >= 11 is 0. The van der Waals surface area contributed by atoms with Crippen LogP contribution in [0.5, 0.6) is 11.5 Å². The smallest absolute Gasteiger partial charge is 0.301 e. The van der Waals surface area contributed by atoms with Gasteiger partial charge in [0.2, 0.25) is 0 Å². The van der Waals surface area contributed by atoms with Gasteiger partial charge >= 0.3 is 5.91 Å². The molecular weight excluding hydrogens is 484 g/mol. The average Bonchev–Trinajstić information content (AvgIpc) is 3.48. The number of Topliss-reactive ketones (excluding diaryl/α,β-unsaturated/α-hetero) is 1. The van der Waals surface area contributed by atoms with Crippen LogP contribution in [-0.2, 0) is 16.2 Å². The van der Waals surface area contributed by atoms with Gasteiger partial charge in [0.05, 0.1) is 18.2 Å². The molecule has 192 valence electrons. The normalized spacial score (nSPS) is 16.6. The quantitative estimate of drug-likeness (QED) is 0.187. The number of benzene rings is 3. The number of carbonyl (C=O) groups excluding carboxylic acids is 2. The number of rotatable bonds is 8. The summed E-state index contributed by atoms with van der Waals surface area (Å²) in [5, 5.41) is 15.2. The number of anilines is 1. The molecule has 0 spiro atoms. The van der Waals surface area contributed by atoms with Gasteiger partial charge in [-0.1, -0.05) is 47.6 Å². The molecule has 4 aromatic rings. The Labute approximate surface area is 219 Å². The zero-order valence-corrected chi connectivity index (χ0v) is 21.0. The first kappa shape index (κ1) is 24.8. The van der Waals surface area contributed by atoms with Gasteiger partial charge in [-0.05, 0) is 61.4 Å². The molecule has 2 heterocycles. The van der Waals surface area contributed by atoms with Crippen LogP contribution in [0.4, 0.5) is 5.82 Å². The van der Waals surface area contributed by atoms with Crippen molar-refractivity contribution in [2.45, 2.75) is 26.5 Å². The second kappa shape index (κ2) is 10.6. The predicted molar refractivity (Wildman–Crippen MR) is 141 cm³/mol. The lowest BCUT2D eigenvalue weighted by molar-refractivity contribution is -0.132. The van der Waals surface area contributed by atoms with E-state index in [-0.39, 0.29) is 17.2 Å². The lowest BCUT2D eigenvalue weighted by Gasteiger charge is -2.23. The van der Waals surface area contributed by atoms with Crippen LogP contribution in [-0.4, -0.2) is 28.6 Å². The highest BCUT2D eigenvalue weighted by atomic mass is 16.5. The molecule has 1 unspecified atom stereocenters. The molecule has 1 amide bonds. The summed E-state index contributed by atoms with van der Waals surface area (Å²) in [4.78, 5) is 27.7. The van der Waals surface area contributed by atoms with Crippen molar-refractivity contribution in [1.82, 2.24) is 5.16 Å². The number of aromatic nitrogens is 1. The molecule has 1 saturated heterocycles. The molecule has 5 rings (SSSR count). The number of hydrogen-bond donors (Lipinski definition) is 1. The van der Waals surface area contributed by atoms with Crippen LogP contribution in [0, 0.1) is 6.92 Å². The SMILES string of the molecule is CCOc1ccc(C(O)=C2C(=O)C(=O)N(c3cc(C)on3)C2c2ccc(OCc3ccccc3)cc2)cc1. The van der Waals surface area contributed by atoms with E-state index in [1.165, 1.54) is 4.90 Å². The summed E-state index contributed by atoms with van der Waals surface area (Å²) in [5.74, 6) is 0.0142. The first-order valence-corrected chi connectivity index (χ1v) is 12.2. The number of ketones is 1. The van der Waals surface area contributed by atoms with Gasteiger partial charge in [-0.3, -0.25) is 14.5 Å². The van der Waals surface area contributed by atoms with E-state index in [2.05, 4.69) is 5.16 Å². The summed E-state index contributed by atoms with van der Waals surface area (Å²) in [6.07, 6.45) is 0. The Morgan fingerprint density at radius 2 is 1.61 bits per heavy atom. The molecule has 1 atom stereocenters. The predicted octanol–water partition coefficient (Wildman–Crippen LogP) is 5.59. The van der Waals surface area contributed by atoms with E-state index in [1.54, 1.807) is 61.5 Å². The maximum Gasteiger partial charge on any atom is 0.301 e.